The van der Waals surface area contributed by atoms with E-state index in [1.54, 1.807) is 13.8 Å². The van der Waals surface area contributed by atoms with E-state index < -0.39 is 38.9 Å². The van der Waals surface area contributed by atoms with Crippen LogP contribution in [0.2, 0.25) is 0 Å². The Morgan fingerprint density at radius 2 is 1.76 bits per heavy atom. The van der Waals surface area contributed by atoms with Gasteiger partial charge >= 0.3 is 17.9 Å². The Labute approximate surface area is 149 Å². The molecule has 0 aliphatic rings. The summed E-state index contributed by atoms with van der Waals surface area (Å²) in [4.78, 5) is 33.7. The van der Waals surface area contributed by atoms with Crippen molar-refractivity contribution in [3.63, 3.8) is 0 Å². The predicted octanol–water partition coefficient (Wildman–Crippen LogP) is 1.10. The molecule has 25 heavy (non-hydrogen) atoms. The third-order valence-corrected chi connectivity index (χ3v) is 5.77. The number of nitrogens with one attached hydrogen (secondary N) is 1. The van der Waals surface area contributed by atoms with Gasteiger partial charge in [-0.2, -0.15) is 4.72 Å². The summed E-state index contributed by atoms with van der Waals surface area (Å²) in [6.45, 7) is 3.48. The van der Waals surface area contributed by atoms with Crippen LogP contribution in [-0.4, -0.2) is 51.7 Å². The van der Waals surface area contributed by atoms with Crippen molar-refractivity contribution in [1.82, 2.24) is 4.72 Å². The van der Waals surface area contributed by atoms with E-state index in [0.717, 1.165) is 20.3 Å². The van der Waals surface area contributed by atoms with Gasteiger partial charge in [-0.3, -0.25) is 4.79 Å². The topological polar surface area (TPSA) is 136 Å². The highest BCUT2D eigenvalue weighted by Crippen LogP contribution is 2.28. The minimum absolute atomic E-state index is 0.0517. The largest absolute Gasteiger partial charge is 0.480 e. The number of carbonyl (C=O) groups excluding carboxylic acids is 2. The van der Waals surface area contributed by atoms with E-state index in [1.165, 1.54) is 0 Å². The molecular weight excluding hydrogens is 374 g/mol. The van der Waals surface area contributed by atoms with Gasteiger partial charge in [0.15, 0.2) is 0 Å². The molecule has 0 amide bonds. The molecule has 0 saturated carbocycles. The van der Waals surface area contributed by atoms with Crippen molar-refractivity contribution >= 4 is 39.3 Å². The highest BCUT2D eigenvalue weighted by Gasteiger charge is 2.32. The first-order chi connectivity index (χ1) is 11.5. The number of aliphatic carboxylic acids is 1. The van der Waals surface area contributed by atoms with Crippen molar-refractivity contribution < 1.29 is 37.4 Å². The number of methoxy groups -OCH3 is 2. The van der Waals surface area contributed by atoms with Gasteiger partial charge in [-0.25, -0.2) is 18.0 Å². The van der Waals surface area contributed by atoms with Crippen molar-refractivity contribution in [3.8, 4) is 0 Å². The number of carboxylic acids is 1. The quantitative estimate of drug-likeness (QED) is 0.627. The van der Waals surface area contributed by atoms with Gasteiger partial charge in [0.2, 0.25) is 10.0 Å². The summed E-state index contributed by atoms with van der Waals surface area (Å²) in [5.41, 5.74) is 0. The van der Waals surface area contributed by atoms with Gasteiger partial charge in [-0.15, -0.1) is 11.3 Å². The molecule has 1 heterocycles. The lowest BCUT2D eigenvalue weighted by Crippen LogP contribution is -2.41. The van der Waals surface area contributed by atoms with E-state index in [0.29, 0.717) is 11.3 Å². The minimum atomic E-state index is -4.39. The molecule has 0 saturated heterocycles. The van der Waals surface area contributed by atoms with Gasteiger partial charge in [0, 0.05) is 0 Å². The van der Waals surface area contributed by atoms with E-state index in [-0.39, 0.29) is 22.1 Å². The molecule has 140 valence electrons. The van der Waals surface area contributed by atoms with Crippen LogP contribution in [0.1, 0.15) is 39.6 Å². The van der Waals surface area contributed by atoms with Crippen molar-refractivity contribution in [1.29, 1.82) is 0 Å². The maximum absolute atomic E-state index is 12.6. The highest BCUT2D eigenvalue weighted by atomic mass is 32.2. The molecule has 0 bridgehead atoms. The highest BCUT2D eigenvalue weighted by molar-refractivity contribution is 7.89. The van der Waals surface area contributed by atoms with Crippen LogP contribution < -0.4 is 4.72 Å². The van der Waals surface area contributed by atoms with E-state index in [2.05, 4.69) is 9.47 Å². The summed E-state index contributed by atoms with van der Waals surface area (Å²) in [6, 6.07) is -0.420. The molecule has 1 atom stereocenters. The summed E-state index contributed by atoms with van der Waals surface area (Å²) < 4.78 is 36.2. The van der Waals surface area contributed by atoms with E-state index >= 15 is 0 Å². The van der Waals surface area contributed by atoms with Gasteiger partial charge in [-0.1, -0.05) is 13.8 Å². The van der Waals surface area contributed by atoms with Gasteiger partial charge < -0.3 is 14.6 Å². The Kier molecular flexibility index (Phi) is 7.08. The monoisotopic (exact) mass is 393 g/mol. The third kappa shape index (κ3) is 5.25. The summed E-state index contributed by atoms with van der Waals surface area (Å²) >= 11 is 0.585. The van der Waals surface area contributed by atoms with E-state index in [9.17, 15) is 27.9 Å². The Morgan fingerprint density at radius 3 is 2.20 bits per heavy atom. The second-order valence-corrected chi connectivity index (χ2v) is 8.16. The average Bonchev–Trinajstić information content (AvgIpc) is 2.98. The number of carbonyl (C=O) groups is 3. The lowest BCUT2D eigenvalue weighted by Gasteiger charge is -2.16. The number of hydrogen-bond acceptors (Lipinski definition) is 8. The maximum Gasteiger partial charge on any atom is 0.349 e. The Bertz CT molecular complexity index is 766. The van der Waals surface area contributed by atoms with Gasteiger partial charge in [0.1, 0.15) is 20.7 Å². The van der Waals surface area contributed by atoms with Gasteiger partial charge in [0.25, 0.3) is 0 Å². The molecule has 1 unspecified atom stereocenters. The Morgan fingerprint density at radius 1 is 1.20 bits per heavy atom. The molecule has 11 heteroatoms. The fraction of sp³-hybridized carbons (Fsp3) is 0.500. The molecule has 0 aliphatic heterocycles. The molecule has 9 nitrogen and oxygen atoms in total. The van der Waals surface area contributed by atoms with Crippen molar-refractivity contribution in [2.45, 2.75) is 31.2 Å². The Hall–Kier alpha value is -1.98. The zero-order valence-corrected chi connectivity index (χ0v) is 15.7. The molecule has 2 N–H and O–H groups in total. The van der Waals surface area contributed by atoms with Crippen LogP contribution >= 0.6 is 11.3 Å². The molecule has 0 aliphatic carbocycles. The Balaban J connectivity index is 3.35. The first kappa shape index (κ1) is 21.1. The van der Waals surface area contributed by atoms with Crippen LogP contribution in [0.4, 0.5) is 0 Å². The number of hydrogen-bond donors (Lipinski definition) is 2. The van der Waals surface area contributed by atoms with Gasteiger partial charge in [-0.05, 0) is 18.4 Å². The van der Waals surface area contributed by atoms with E-state index in [4.69, 9.17) is 0 Å². The summed E-state index contributed by atoms with van der Waals surface area (Å²) in [6.07, 6.45) is 0.0517. The molecule has 0 radical (unpaired) electrons. The summed E-state index contributed by atoms with van der Waals surface area (Å²) in [5, 5.41) is 9.20. The molecular formula is C14H19NO8S2. The first-order valence-electron chi connectivity index (χ1n) is 7.09. The molecule has 1 aromatic rings. The van der Waals surface area contributed by atoms with E-state index in [1.807, 2.05) is 4.72 Å². The average molecular weight is 393 g/mol. The van der Waals surface area contributed by atoms with Crippen LogP contribution in [0.15, 0.2) is 11.0 Å². The fourth-order valence-electron chi connectivity index (χ4n) is 1.93. The predicted molar refractivity (Wildman–Crippen MR) is 88.2 cm³/mol. The number of sulfonamides is 1. The zero-order chi connectivity index (χ0) is 19.4. The molecule has 1 rings (SSSR count). The number of esters is 2. The SMILES string of the molecule is COC(=O)c1cc(S(=O)(=O)NC(CC(C)C)C(=O)O)c(C(=O)OC)s1. The molecule has 0 fully saturated rings. The van der Waals surface area contributed by atoms with Crippen LogP contribution in [0.5, 0.6) is 0 Å². The third-order valence-electron chi connectivity index (χ3n) is 3.05. The second-order valence-electron chi connectivity index (χ2n) is 5.43. The number of rotatable bonds is 8. The lowest BCUT2D eigenvalue weighted by molar-refractivity contribution is -0.139. The number of ether oxygens (including phenoxy) is 2. The minimum Gasteiger partial charge on any atom is -0.480 e. The molecule has 0 spiro atoms. The molecule has 1 aromatic heterocycles. The smallest absolute Gasteiger partial charge is 0.349 e. The standard InChI is InChI=1S/C14H19NO8S2/c1-7(2)5-8(12(16)17)15-25(20,21)10-6-9(13(18)22-3)24-11(10)14(19)23-4/h6-8,15H,5H2,1-4H3,(H,16,17). The van der Waals surface area contributed by atoms with Crippen LogP contribution in [0.25, 0.3) is 0 Å². The lowest BCUT2D eigenvalue weighted by atomic mass is 10.1. The van der Waals surface area contributed by atoms with Crippen molar-refractivity contribution in [2.75, 3.05) is 14.2 Å². The summed E-state index contributed by atoms with van der Waals surface area (Å²) in [5.74, 6) is -3.22. The number of thiophene rings is 1. The second kappa shape index (κ2) is 8.41. The first-order valence-corrected chi connectivity index (χ1v) is 9.39. The van der Waals surface area contributed by atoms with Crippen LogP contribution in [-0.2, 0) is 24.3 Å². The zero-order valence-electron chi connectivity index (χ0n) is 14.1. The maximum atomic E-state index is 12.6. The van der Waals surface area contributed by atoms with Gasteiger partial charge in [0.05, 0.1) is 14.2 Å². The van der Waals surface area contributed by atoms with Crippen molar-refractivity contribution in [3.05, 3.63) is 15.8 Å². The summed E-state index contributed by atoms with van der Waals surface area (Å²) in [7, 11) is -2.22. The van der Waals surface area contributed by atoms with Crippen LogP contribution in [0.3, 0.4) is 0 Å². The number of carboxylic acid groups (broad SMARTS) is 1. The van der Waals surface area contributed by atoms with Crippen molar-refractivity contribution in [2.24, 2.45) is 5.92 Å². The fourth-order valence-corrected chi connectivity index (χ4v) is 4.65. The molecule has 0 aromatic carbocycles. The normalized spacial score (nSPS) is 12.7. The van der Waals surface area contributed by atoms with Crippen LogP contribution in [0, 0.1) is 5.92 Å².